The summed E-state index contributed by atoms with van der Waals surface area (Å²) in [5.41, 5.74) is 0. The third kappa shape index (κ3) is 4.46. The van der Waals surface area contributed by atoms with E-state index in [-0.39, 0.29) is 6.10 Å². The number of aliphatic hydroxyl groups excluding tert-OH is 1. The predicted molar refractivity (Wildman–Crippen MR) is 55.7 cm³/mol. The predicted octanol–water partition coefficient (Wildman–Crippen LogP) is 3.25. The number of hydrogen-bond acceptors (Lipinski definition) is 1. The zero-order valence-electron chi connectivity index (χ0n) is 7.64. The first kappa shape index (κ1) is 10.5. The molecule has 72 valence electrons. The van der Waals surface area contributed by atoms with Crippen LogP contribution in [0, 0.1) is 0 Å². The molecule has 0 heterocycles. The summed E-state index contributed by atoms with van der Waals surface area (Å²) in [6.07, 6.45) is 9.52. The highest BCUT2D eigenvalue weighted by molar-refractivity contribution is 9.09. The molecule has 1 saturated carbocycles. The SMILES string of the molecule is OC1CCCCC(Br)CCCC1. The second-order valence-corrected chi connectivity index (χ2v) is 5.11. The van der Waals surface area contributed by atoms with Crippen molar-refractivity contribution in [3.05, 3.63) is 0 Å². The lowest BCUT2D eigenvalue weighted by Gasteiger charge is -2.15. The number of halogens is 1. The zero-order chi connectivity index (χ0) is 8.81. The first-order valence-corrected chi connectivity index (χ1v) is 6.03. The summed E-state index contributed by atoms with van der Waals surface area (Å²) in [6.45, 7) is 0. The molecule has 0 aromatic carbocycles. The third-order valence-corrected chi connectivity index (χ3v) is 3.53. The fraction of sp³-hybridized carbons (Fsp3) is 1.00. The van der Waals surface area contributed by atoms with Gasteiger partial charge in [0.05, 0.1) is 6.10 Å². The van der Waals surface area contributed by atoms with Crippen LogP contribution in [0.1, 0.15) is 51.4 Å². The van der Waals surface area contributed by atoms with Gasteiger partial charge >= 0.3 is 0 Å². The molecule has 0 aromatic rings. The summed E-state index contributed by atoms with van der Waals surface area (Å²) in [6, 6.07) is 0. The molecule has 0 aliphatic heterocycles. The molecule has 1 rings (SSSR count). The van der Waals surface area contributed by atoms with E-state index in [1.807, 2.05) is 0 Å². The van der Waals surface area contributed by atoms with Crippen molar-refractivity contribution in [1.82, 2.24) is 0 Å². The Kier molecular flexibility index (Phi) is 5.24. The van der Waals surface area contributed by atoms with E-state index in [0.29, 0.717) is 0 Å². The topological polar surface area (TPSA) is 20.2 Å². The maximum absolute atomic E-state index is 9.49. The van der Waals surface area contributed by atoms with Gasteiger partial charge in [0.15, 0.2) is 0 Å². The largest absolute Gasteiger partial charge is 0.393 e. The molecule has 0 bridgehead atoms. The molecule has 1 aliphatic rings. The second kappa shape index (κ2) is 5.98. The van der Waals surface area contributed by atoms with Crippen molar-refractivity contribution >= 4 is 15.9 Å². The minimum absolute atomic E-state index is 0.0168. The molecule has 0 unspecified atom stereocenters. The average molecular weight is 235 g/mol. The van der Waals surface area contributed by atoms with Crippen LogP contribution in [0.4, 0.5) is 0 Å². The Balaban J connectivity index is 2.20. The van der Waals surface area contributed by atoms with E-state index in [1.54, 1.807) is 0 Å². The van der Waals surface area contributed by atoms with Crippen LogP contribution in [-0.2, 0) is 0 Å². The fourth-order valence-corrected chi connectivity index (χ4v) is 2.43. The highest BCUT2D eigenvalue weighted by Gasteiger charge is 2.09. The average Bonchev–Trinajstić information content (AvgIpc) is 2.06. The van der Waals surface area contributed by atoms with E-state index >= 15 is 0 Å². The van der Waals surface area contributed by atoms with E-state index in [2.05, 4.69) is 15.9 Å². The molecule has 2 heteroatoms. The Morgan fingerprint density at radius 2 is 1.25 bits per heavy atom. The number of alkyl halides is 1. The Morgan fingerprint density at radius 1 is 0.833 bits per heavy atom. The van der Waals surface area contributed by atoms with E-state index in [1.165, 1.54) is 38.5 Å². The van der Waals surface area contributed by atoms with Gasteiger partial charge in [-0.25, -0.2) is 0 Å². The van der Waals surface area contributed by atoms with Crippen LogP contribution < -0.4 is 0 Å². The van der Waals surface area contributed by atoms with E-state index in [9.17, 15) is 5.11 Å². The van der Waals surface area contributed by atoms with Crippen LogP contribution in [0.3, 0.4) is 0 Å². The van der Waals surface area contributed by atoms with Gasteiger partial charge in [-0.2, -0.15) is 0 Å². The number of hydrogen-bond donors (Lipinski definition) is 1. The molecule has 0 saturated heterocycles. The number of rotatable bonds is 0. The van der Waals surface area contributed by atoms with E-state index in [4.69, 9.17) is 0 Å². The summed E-state index contributed by atoms with van der Waals surface area (Å²) in [5, 5.41) is 9.49. The van der Waals surface area contributed by atoms with Gasteiger partial charge < -0.3 is 5.11 Å². The van der Waals surface area contributed by atoms with Gasteiger partial charge in [0.2, 0.25) is 0 Å². The first-order chi connectivity index (χ1) is 5.79. The molecule has 0 aromatic heterocycles. The molecule has 0 atom stereocenters. The molecule has 1 N–H and O–H groups in total. The summed E-state index contributed by atoms with van der Waals surface area (Å²) in [5.74, 6) is 0. The van der Waals surface area contributed by atoms with Crippen molar-refractivity contribution in [3.8, 4) is 0 Å². The maximum atomic E-state index is 9.49. The van der Waals surface area contributed by atoms with Gasteiger partial charge in [0.1, 0.15) is 0 Å². The van der Waals surface area contributed by atoms with E-state index < -0.39 is 0 Å². The van der Waals surface area contributed by atoms with Crippen molar-refractivity contribution in [2.75, 3.05) is 0 Å². The lowest BCUT2D eigenvalue weighted by atomic mass is 9.99. The molecule has 0 radical (unpaired) electrons. The summed E-state index contributed by atoms with van der Waals surface area (Å²) < 4.78 is 0. The molecule has 1 fully saturated rings. The highest BCUT2D eigenvalue weighted by Crippen LogP contribution is 2.21. The maximum Gasteiger partial charge on any atom is 0.0540 e. The van der Waals surface area contributed by atoms with E-state index in [0.717, 1.165) is 17.7 Å². The summed E-state index contributed by atoms with van der Waals surface area (Å²) in [7, 11) is 0. The van der Waals surface area contributed by atoms with Crippen molar-refractivity contribution < 1.29 is 5.11 Å². The van der Waals surface area contributed by atoms with Crippen LogP contribution in [0.5, 0.6) is 0 Å². The third-order valence-electron chi connectivity index (χ3n) is 2.61. The Hall–Kier alpha value is 0.440. The molecular weight excluding hydrogens is 216 g/mol. The van der Waals surface area contributed by atoms with Gasteiger partial charge in [-0.1, -0.05) is 41.6 Å². The Morgan fingerprint density at radius 3 is 1.75 bits per heavy atom. The van der Waals surface area contributed by atoms with Crippen LogP contribution in [-0.4, -0.2) is 16.0 Å². The molecule has 0 spiro atoms. The first-order valence-electron chi connectivity index (χ1n) is 5.11. The van der Waals surface area contributed by atoms with Crippen LogP contribution in [0.2, 0.25) is 0 Å². The zero-order valence-corrected chi connectivity index (χ0v) is 9.22. The summed E-state index contributed by atoms with van der Waals surface area (Å²) in [4.78, 5) is 0.729. The molecule has 12 heavy (non-hydrogen) atoms. The van der Waals surface area contributed by atoms with Crippen molar-refractivity contribution in [3.63, 3.8) is 0 Å². The van der Waals surface area contributed by atoms with Crippen LogP contribution in [0.15, 0.2) is 0 Å². The Labute approximate surface area is 83.7 Å². The molecule has 1 nitrogen and oxygen atoms in total. The fourth-order valence-electron chi connectivity index (χ4n) is 1.78. The lowest BCUT2D eigenvalue weighted by Crippen LogP contribution is -2.09. The monoisotopic (exact) mass is 234 g/mol. The molecule has 0 amide bonds. The summed E-state index contributed by atoms with van der Waals surface area (Å²) >= 11 is 3.69. The van der Waals surface area contributed by atoms with Gasteiger partial charge in [-0.3, -0.25) is 0 Å². The molecular formula is C10H19BrO. The quantitative estimate of drug-likeness (QED) is 0.639. The van der Waals surface area contributed by atoms with Gasteiger partial charge in [-0.15, -0.1) is 0 Å². The smallest absolute Gasteiger partial charge is 0.0540 e. The van der Waals surface area contributed by atoms with Gasteiger partial charge in [-0.05, 0) is 25.7 Å². The van der Waals surface area contributed by atoms with Crippen LogP contribution in [0.25, 0.3) is 0 Å². The minimum atomic E-state index is -0.0168. The minimum Gasteiger partial charge on any atom is -0.393 e. The lowest BCUT2D eigenvalue weighted by molar-refractivity contribution is 0.145. The van der Waals surface area contributed by atoms with Crippen molar-refractivity contribution in [1.29, 1.82) is 0 Å². The normalized spacial score (nSPS) is 34.5. The Bertz CT molecular complexity index is 90.4. The second-order valence-electron chi connectivity index (χ2n) is 3.82. The standard InChI is InChI=1S/C10H19BrO/c11-9-5-1-3-7-10(12)8-4-2-6-9/h9-10,12H,1-8H2. The highest BCUT2D eigenvalue weighted by atomic mass is 79.9. The van der Waals surface area contributed by atoms with Gasteiger partial charge in [0.25, 0.3) is 0 Å². The number of aliphatic hydroxyl groups is 1. The van der Waals surface area contributed by atoms with Crippen molar-refractivity contribution in [2.24, 2.45) is 0 Å². The molecule has 1 aliphatic carbocycles. The van der Waals surface area contributed by atoms with Crippen LogP contribution >= 0.6 is 15.9 Å². The van der Waals surface area contributed by atoms with Crippen molar-refractivity contribution in [2.45, 2.75) is 62.3 Å². The van der Waals surface area contributed by atoms with Gasteiger partial charge in [0, 0.05) is 4.83 Å².